The molecule has 3 N–H and O–H groups in total. The summed E-state index contributed by atoms with van der Waals surface area (Å²) in [5.41, 5.74) is 9.29. The van der Waals surface area contributed by atoms with Crippen LogP contribution in [0.25, 0.3) is 27.9 Å². The predicted molar refractivity (Wildman–Crippen MR) is 150 cm³/mol. The average molecular weight is 544 g/mol. The molecule has 11 nitrogen and oxygen atoms in total. The highest BCUT2D eigenvalue weighted by molar-refractivity contribution is 5.96. The monoisotopic (exact) mass is 543 g/mol. The second kappa shape index (κ2) is 11.4. The number of hydrogen-bond acceptors (Lipinski definition) is 9. The number of aromatic nitrogens is 3. The summed E-state index contributed by atoms with van der Waals surface area (Å²) in [5, 5.41) is 12.8. The van der Waals surface area contributed by atoms with Crippen molar-refractivity contribution >= 4 is 22.6 Å². The van der Waals surface area contributed by atoms with Crippen molar-refractivity contribution in [3.05, 3.63) is 72.6 Å². The van der Waals surface area contributed by atoms with Gasteiger partial charge in [-0.05, 0) is 42.5 Å². The van der Waals surface area contributed by atoms with E-state index in [4.69, 9.17) is 29.1 Å². The quantitative estimate of drug-likeness (QED) is 0.265. The van der Waals surface area contributed by atoms with E-state index in [9.17, 15) is 4.79 Å². The summed E-state index contributed by atoms with van der Waals surface area (Å²) in [5.74, 6) is 2.19. The molecule has 0 aliphatic heterocycles. The molecule has 0 bridgehead atoms. The molecule has 3 aromatic carbocycles. The van der Waals surface area contributed by atoms with Crippen LogP contribution in [-0.4, -0.2) is 55.4 Å². The highest BCUT2D eigenvalue weighted by atomic mass is 16.5. The highest BCUT2D eigenvalue weighted by Gasteiger charge is 2.20. The lowest BCUT2D eigenvalue weighted by Crippen LogP contribution is -2.37. The topological polar surface area (TPSA) is 136 Å². The lowest BCUT2D eigenvalue weighted by atomic mass is 10.1. The van der Waals surface area contributed by atoms with Crippen molar-refractivity contribution in [1.82, 2.24) is 15.0 Å². The Morgan fingerprint density at radius 1 is 0.950 bits per heavy atom. The van der Waals surface area contributed by atoms with Crippen LogP contribution in [0.3, 0.4) is 0 Å². The van der Waals surface area contributed by atoms with Crippen LogP contribution in [0.5, 0.6) is 23.0 Å². The first-order valence-electron chi connectivity index (χ1n) is 12.4. The number of para-hydroxylation sites is 1. The zero-order valence-corrected chi connectivity index (χ0v) is 22.5. The molecule has 5 rings (SSSR count). The first-order valence-corrected chi connectivity index (χ1v) is 12.4. The maximum atomic E-state index is 13.0. The third-order valence-corrected chi connectivity index (χ3v) is 6.36. The van der Waals surface area contributed by atoms with Gasteiger partial charge in [0.05, 0.1) is 52.1 Å². The van der Waals surface area contributed by atoms with Crippen molar-refractivity contribution in [3.63, 3.8) is 0 Å². The number of hydrogen-bond donors (Lipinski definition) is 2. The van der Waals surface area contributed by atoms with Gasteiger partial charge in [-0.25, -0.2) is 0 Å². The minimum absolute atomic E-state index is 0.237. The fourth-order valence-corrected chi connectivity index (χ4v) is 4.34. The number of carbonyl (C=O) groups is 1. The van der Waals surface area contributed by atoms with E-state index < -0.39 is 6.04 Å². The summed E-state index contributed by atoms with van der Waals surface area (Å²) in [7, 11) is 6.16. The molecule has 0 aliphatic carbocycles. The van der Waals surface area contributed by atoms with Gasteiger partial charge in [-0.2, -0.15) is 9.90 Å². The van der Waals surface area contributed by atoms with Crippen molar-refractivity contribution in [2.45, 2.75) is 12.5 Å². The van der Waals surface area contributed by atoms with E-state index >= 15 is 0 Å². The molecule has 2 aromatic heterocycles. The zero-order valence-electron chi connectivity index (χ0n) is 22.5. The molecule has 0 fully saturated rings. The fourth-order valence-electron chi connectivity index (χ4n) is 4.34. The van der Waals surface area contributed by atoms with Crippen molar-refractivity contribution in [3.8, 4) is 39.9 Å². The Kier molecular flexibility index (Phi) is 7.56. The van der Waals surface area contributed by atoms with Crippen molar-refractivity contribution in [1.29, 1.82) is 0 Å². The van der Waals surface area contributed by atoms with Crippen LogP contribution in [0.2, 0.25) is 0 Å². The fraction of sp³-hybridized carbons (Fsp3) is 0.207. The summed E-state index contributed by atoms with van der Waals surface area (Å²) >= 11 is 0. The van der Waals surface area contributed by atoms with Gasteiger partial charge in [0.1, 0.15) is 22.8 Å². The average Bonchev–Trinajstić information content (AvgIpc) is 3.63. The van der Waals surface area contributed by atoms with E-state index in [1.165, 1.54) is 11.9 Å². The smallest absolute Gasteiger partial charge is 0.241 e. The van der Waals surface area contributed by atoms with Crippen LogP contribution >= 0.6 is 0 Å². The van der Waals surface area contributed by atoms with Crippen LogP contribution in [0.15, 0.2) is 71.3 Å². The molecule has 0 saturated heterocycles. The Bertz CT molecular complexity index is 1600. The highest BCUT2D eigenvalue weighted by Crippen LogP contribution is 2.40. The Morgan fingerprint density at radius 2 is 1.68 bits per heavy atom. The second-order valence-electron chi connectivity index (χ2n) is 8.87. The van der Waals surface area contributed by atoms with Gasteiger partial charge in [0.25, 0.3) is 0 Å². The van der Waals surface area contributed by atoms with Gasteiger partial charge in [0.15, 0.2) is 11.5 Å². The van der Waals surface area contributed by atoms with Gasteiger partial charge in [-0.15, -0.1) is 5.10 Å². The standard InChI is InChI=1S/C29H29N5O6/c1-36-25-10-9-19(34-31-16-23(33-34)18-12-26(37-2)28(39-4)27(13-18)38-3)14-22(25)32-29(35)21(30)15-20-11-17-7-5-6-8-24(17)40-20/h5-14,16,21H,15,30H2,1-4H3,(H,32,35). The summed E-state index contributed by atoms with van der Waals surface area (Å²) in [6, 6.07) is 17.5. The third kappa shape index (κ3) is 5.27. The van der Waals surface area contributed by atoms with E-state index in [0.29, 0.717) is 45.8 Å². The van der Waals surface area contributed by atoms with Crippen LogP contribution in [0.1, 0.15) is 5.76 Å². The molecule has 40 heavy (non-hydrogen) atoms. The van der Waals surface area contributed by atoms with Crippen LogP contribution in [-0.2, 0) is 11.2 Å². The number of ether oxygens (including phenoxy) is 4. The SMILES string of the molecule is COc1ccc(-n2ncc(-c3cc(OC)c(OC)c(OC)c3)n2)cc1NC(=O)C(N)Cc1cc2ccccc2o1. The molecular formula is C29H29N5O6. The molecule has 1 unspecified atom stereocenters. The molecule has 1 amide bonds. The molecule has 5 aromatic rings. The number of fused-ring (bicyclic) bond motifs is 1. The van der Waals surface area contributed by atoms with E-state index in [1.54, 1.807) is 57.9 Å². The van der Waals surface area contributed by atoms with E-state index in [0.717, 1.165) is 16.5 Å². The lowest BCUT2D eigenvalue weighted by Gasteiger charge is -2.15. The number of anilines is 1. The van der Waals surface area contributed by atoms with Crippen LogP contribution in [0, 0.1) is 0 Å². The summed E-state index contributed by atoms with van der Waals surface area (Å²) in [6.07, 6.45) is 1.85. The first-order chi connectivity index (χ1) is 19.4. The number of nitrogens with one attached hydrogen (secondary N) is 1. The molecule has 1 atom stereocenters. The molecule has 0 spiro atoms. The van der Waals surface area contributed by atoms with Gasteiger partial charge >= 0.3 is 0 Å². The summed E-state index contributed by atoms with van der Waals surface area (Å²) in [4.78, 5) is 14.5. The number of methoxy groups -OCH3 is 4. The summed E-state index contributed by atoms with van der Waals surface area (Å²) < 4.78 is 27.6. The van der Waals surface area contributed by atoms with Gasteiger partial charge in [-0.1, -0.05) is 18.2 Å². The third-order valence-electron chi connectivity index (χ3n) is 6.36. The Hall–Kier alpha value is -5.03. The largest absolute Gasteiger partial charge is 0.495 e. The van der Waals surface area contributed by atoms with E-state index in [1.807, 2.05) is 30.3 Å². The Labute approximate surface area is 230 Å². The number of carbonyl (C=O) groups excluding carboxylic acids is 1. The number of amides is 1. The minimum atomic E-state index is -0.844. The maximum absolute atomic E-state index is 13.0. The number of nitrogens with two attached hydrogens (primary N) is 1. The Morgan fingerprint density at radius 3 is 2.35 bits per heavy atom. The predicted octanol–water partition coefficient (Wildman–Crippen LogP) is 4.22. The summed E-state index contributed by atoms with van der Waals surface area (Å²) in [6.45, 7) is 0. The number of benzene rings is 3. The number of nitrogens with zero attached hydrogens (tertiary/aromatic N) is 3. The number of rotatable bonds is 10. The second-order valence-corrected chi connectivity index (χ2v) is 8.87. The lowest BCUT2D eigenvalue weighted by molar-refractivity contribution is -0.117. The molecular weight excluding hydrogens is 514 g/mol. The first kappa shape index (κ1) is 26.6. The number of furan rings is 1. The van der Waals surface area contributed by atoms with Gasteiger partial charge in [0.2, 0.25) is 11.7 Å². The molecule has 0 radical (unpaired) electrons. The van der Waals surface area contributed by atoms with E-state index in [2.05, 4.69) is 15.5 Å². The van der Waals surface area contributed by atoms with Crippen molar-refractivity contribution < 1.29 is 28.2 Å². The van der Waals surface area contributed by atoms with Gasteiger partial charge in [0, 0.05) is 17.4 Å². The van der Waals surface area contributed by atoms with Crippen molar-refractivity contribution in [2.75, 3.05) is 33.8 Å². The maximum Gasteiger partial charge on any atom is 0.241 e. The van der Waals surface area contributed by atoms with E-state index in [-0.39, 0.29) is 12.3 Å². The Balaban J connectivity index is 1.37. The molecule has 0 aliphatic rings. The van der Waals surface area contributed by atoms with Crippen LogP contribution < -0.4 is 30.0 Å². The minimum Gasteiger partial charge on any atom is -0.495 e. The van der Waals surface area contributed by atoms with Crippen LogP contribution in [0.4, 0.5) is 5.69 Å². The molecule has 206 valence electrons. The molecule has 11 heteroatoms. The van der Waals surface area contributed by atoms with Gasteiger partial charge in [-0.3, -0.25) is 4.79 Å². The molecule has 2 heterocycles. The van der Waals surface area contributed by atoms with Gasteiger partial charge < -0.3 is 34.4 Å². The van der Waals surface area contributed by atoms with Crippen molar-refractivity contribution in [2.24, 2.45) is 5.73 Å². The molecule has 0 saturated carbocycles. The zero-order chi connectivity index (χ0) is 28.2. The normalized spacial score (nSPS) is 11.7.